The van der Waals surface area contributed by atoms with Crippen molar-refractivity contribution in [1.29, 1.82) is 0 Å². The van der Waals surface area contributed by atoms with E-state index in [0.717, 1.165) is 109 Å². The van der Waals surface area contributed by atoms with Gasteiger partial charge in [0.05, 0.1) is 62.3 Å². The van der Waals surface area contributed by atoms with Crippen molar-refractivity contribution in [3.8, 4) is 39.4 Å². The summed E-state index contributed by atoms with van der Waals surface area (Å²) >= 11 is 0. The van der Waals surface area contributed by atoms with Gasteiger partial charge < -0.3 is 44.0 Å². The Labute approximate surface area is 385 Å². The van der Waals surface area contributed by atoms with Crippen molar-refractivity contribution in [2.24, 2.45) is 5.92 Å². The van der Waals surface area contributed by atoms with E-state index in [2.05, 4.69) is 57.7 Å². The predicted molar refractivity (Wildman–Crippen MR) is 253 cm³/mol. The second kappa shape index (κ2) is 23.0. The van der Waals surface area contributed by atoms with Crippen LogP contribution in [0.2, 0.25) is 0 Å². The lowest BCUT2D eigenvalue weighted by molar-refractivity contribution is -0.137. The molecule has 14 nitrogen and oxygen atoms in total. The number of fused-ring (bicyclic) bond motifs is 10. The molecule has 3 N–H and O–H groups in total. The third-order valence-electron chi connectivity index (χ3n) is 11.7. The number of rotatable bonds is 3. The third kappa shape index (κ3) is 11.2. The topological polar surface area (TPSA) is 164 Å². The average Bonchev–Trinajstić information content (AvgIpc) is 4.07. The van der Waals surface area contributed by atoms with Gasteiger partial charge in [-0.3, -0.25) is 9.59 Å². The Hall–Kier alpha value is -3.81. The summed E-state index contributed by atoms with van der Waals surface area (Å²) < 4.78 is 23.3. The first-order chi connectivity index (χ1) is 27.9. The standard InChI is InChI=1S/C43H53N7O7.4H2S/c1-27-9-3-4-20-55-25-33-38(48-40(46-33)36-11-8-18-49(36)41(27)51)29-14-12-28(13-15-29)30-16-17-31-32-24-44-39(45-32)35-10-7-19-50(35)42(52)34(47-43(53)54-2)26-56-21-5-6-22-57-37(31)23-30;;;;/h12-17,23-24,27,34-36H,3-11,18-22,25-26H2,1-2H3,(H,44,45)(H,46,48)(H,47,53);4*1H2/t27-,34-,35-,36-;;;;/m0..../s1. The molecule has 61 heavy (non-hydrogen) atoms. The highest BCUT2D eigenvalue weighted by atomic mass is 32.1. The molecule has 4 aromatic rings. The van der Waals surface area contributed by atoms with Crippen molar-refractivity contribution >= 4 is 71.9 Å². The number of carbonyl (C=O) groups excluding carboxylic acids is 3. The first kappa shape index (κ1) is 49.8. The fourth-order valence-corrected chi connectivity index (χ4v) is 8.57. The summed E-state index contributed by atoms with van der Waals surface area (Å²) in [5.74, 6) is 2.24. The van der Waals surface area contributed by atoms with E-state index in [1.54, 1.807) is 11.1 Å². The smallest absolute Gasteiger partial charge is 0.407 e. The van der Waals surface area contributed by atoms with Crippen molar-refractivity contribution in [2.45, 2.75) is 89.4 Å². The summed E-state index contributed by atoms with van der Waals surface area (Å²) in [6.07, 6.45) is 8.77. The van der Waals surface area contributed by atoms with Gasteiger partial charge in [0.15, 0.2) is 0 Å². The highest BCUT2D eigenvalue weighted by Gasteiger charge is 2.37. The quantitative estimate of drug-likeness (QED) is 0.194. The van der Waals surface area contributed by atoms with Gasteiger partial charge in [0.1, 0.15) is 23.4 Å². The molecule has 3 amide bonds. The molecule has 2 fully saturated rings. The van der Waals surface area contributed by atoms with Crippen LogP contribution in [0.4, 0.5) is 4.79 Å². The van der Waals surface area contributed by atoms with E-state index in [4.69, 9.17) is 28.9 Å². The monoisotopic (exact) mass is 915 g/mol. The molecular formula is C43H61N7O7S4. The third-order valence-corrected chi connectivity index (χ3v) is 11.7. The number of benzene rings is 2. The van der Waals surface area contributed by atoms with Crippen LogP contribution in [0.25, 0.3) is 33.6 Å². The van der Waals surface area contributed by atoms with E-state index in [1.807, 2.05) is 11.8 Å². The Balaban J connectivity index is 0.00000205. The number of nitrogens with zero attached hydrogens (tertiary/aromatic N) is 4. The molecule has 2 aromatic heterocycles. The van der Waals surface area contributed by atoms with Gasteiger partial charge in [0, 0.05) is 43.3 Å². The Morgan fingerprint density at radius 1 is 0.770 bits per heavy atom. The molecule has 0 radical (unpaired) electrons. The number of methoxy groups -OCH3 is 1. The maximum atomic E-state index is 13.7. The highest BCUT2D eigenvalue weighted by molar-refractivity contribution is 7.59. The van der Waals surface area contributed by atoms with Crippen LogP contribution in [0.5, 0.6) is 5.75 Å². The van der Waals surface area contributed by atoms with Gasteiger partial charge in [-0.05, 0) is 74.6 Å². The molecule has 8 rings (SSSR count). The Morgan fingerprint density at radius 3 is 2.18 bits per heavy atom. The van der Waals surface area contributed by atoms with Crippen molar-refractivity contribution < 1.29 is 33.3 Å². The number of aromatic amines is 2. The fourth-order valence-electron chi connectivity index (χ4n) is 8.57. The van der Waals surface area contributed by atoms with Crippen LogP contribution in [-0.4, -0.2) is 100 Å². The minimum atomic E-state index is -0.866. The van der Waals surface area contributed by atoms with Crippen LogP contribution in [-0.2, 0) is 30.4 Å². The summed E-state index contributed by atoms with van der Waals surface area (Å²) in [5.41, 5.74) is 6.48. The Kier molecular flexibility index (Phi) is 18.8. The molecule has 4 aliphatic rings. The van der Waals surface area contributed by atoms with Crippen molar-refractivity contribution in [3.05, 3.63) is 66.0 Å². The van der Waals surface area contributed by atoms with Gasteiger partial charge in [0.25, 0.3) is 0 Å². The van der Waals surface area contributed by atoms with Crippen molar-refractivity contribution in [3.63, 3.8) is 0 Å². The maximum Gasteiger partial charge on any atom is 0.407 e. The van der Waals surface area contributed by atoms with Gasteiger partial charge in [-0.2, -0.15) is 54.0 Å². The summed E-state index contributed by atoms with van der Waals surface area (Å²) in [5, 5.41) is 2.66. The number of aromatic nitrogens is 4. The SMILES string of the molecule is COC(=O)N[C@H]1COCCCCOc2cc(-c3ccc(-c4nc5[nH]c4COCCCC[C@H](C)C(=O)N4CCC[C@@H]54)cc3)ccc2-c2cnc([nH]2)[C@@H]2CCCN2C1=O.S.S.S.S. The minimum absolute atomic E-state index is 0. The summed E-state index contributed by atoms with van der Waals surface area (Å²) in [4.78, 5) is 60.0. The molecular weight excluding hydrogens is 855 g/mol. The molecule has 0 aliphatic carbocycles. The molecule has 2 aromatic carbocycles. The van der Waals surface area contributed by atoms with Gasteiger partial charge in [-0.1, -0.05) is 43.7 Å². The first-order valence-electron chi connectivity index (χ1n) is 20.5. The van der Waals surface area contributed by atoms with E-state index in [1.165, 1.54) is 7.11 Å². The summed E-state index contributed by atoms with van der Waals surface area (Å²) in [6.45, 7) is 5.37. The number of hydrogen-bond donors (Lipinski definition) is 3. The van der Waals surface area contributed by atoms with Gasteiger partial charge in [0.2, 0.25) is 11.8 Å². The number of amides is 3. The van der Waals surface area contributed by atoms with Crippen LogP contribution in [0.15, 0.2) is 48.7 Å². The molecule has 0 saturated carbocycles. The molecule has 2 saturated heterocycles. The number of ether oxygens (including phenoxy) is 4. The molecule has 4 bridgehead atoms. The number of carbonyl (C=O) groups is 3. The molecule has 18 heteroatoms. The molecule has 334 valence electrons. The van der Waals surface area contributed by atoms with E-state index in [9.17, 15) is 14.4 Å². The van der Waals surface area contributed by atoms with Gasteiger partial charge in [-0.15, -0.1) is 0 Å². The number of alkyl carbamates (subject to hydrolysis) is 1. The molecule has 0 unspecified atom stereocenters. The second-order valence-corrected chi connectivity index (χ2v) is 15.6. The van der Waals surface area contributed by atoms with Crippen LogP contribution in [0, 0.1) is 5.92 Å². The summed E-state index contributed by atoms with van der Waals surface area (Å²) in [6, 6.07) is 13.4. The number of hydrogen-bond acceptors (Lipinski definition) is 9. The Morgan fingerprint density at radius 2 is 1.43 bits per heavy atom. The predicted octanol–water partition coefficient (Wildman–Crippen LogP) is 7.16. The zero-order valence-electron chi connectivity index (χ0n) is 34.9. The molecule has 6 heterocycles. The van der Waals surface area contributed by atoms with Crippen LogP contribution in [0.3, 0.4) is 0 Å². The molecule has 0 spiro atoms. The summed E-state index contributed by atoms with van der Waals surface area (Å²) in [7, 11) is 1.28. The van der Waals surface area contributed by atoms with Gasteiger partial charge >= 0.3 is 6.09 Å². The fraction of sp³-hybridized carbons (Fsp3) is 0.512. The van der Waals surface area contributed by atoms with Crippen LogP contribution < -0.4 is 10.1 Å². The highest BCUT2D eigenvalue weighted by Crippen LogP contribution is 2.39. The number of nitrogens with one attached hydrogen (secondary N) is 3. The maximum absolute atomic E-state index is 13.7. The normalized spacial score (nSPS) is 22.1. The average molecular weight is 916 g/mol. The lowest BCUT2D eigenvalue weighted by Crippen LogP contribution is -2.50. The van der Waals surface area contributed by atoms with Crippen molar-refractivity contribution in [1.82, 2.24) is 35.1 Å². The minimum Gasteiger partial charge on any atom is -0.493 e. The lowest BCUT2D eigenvalue weighted by atomic mass is 9.99. The van der Waals surface area contributed by atoms with E-state index in [0.29, 0.717) is 45.2 Å². The molecule has 4 aliphatic heterocycles. The largest absolute Gasteiger partial charge is 0.493 e. The zero-order valence-corrected chi connectivity index (χ0v) is 38.9. The van der Waals surface area contributed by atoms with Crippen LogP contribution >= 0.6 is 54.0 Å². The first-order valence-corrected chi connectivity index (χ1v) is 20.5. The number of imidazole rings is 2. The van der Waals surface area contributed by atoms with Gasteiger partial charge in [-0.25, -0.2) is 14.8 Å². The second-order valence-electron chi connectivity index (χ2n) is 15.6. The zero-order chi connectivity index (χ0) is 39.3. The Bertz CT molecular complexity index is 2070. The lowest BCUT2D eigenvalue weighted by Gasteiger charge is -2.28. The molecule has 4 atom stereocenters. The van der Waals surface area contributed by atoms with Crippen molar-refractivity contribution in [2.75, 3.05) is 46.6 Å². The number of H-pyrrole nitrogens is 2. The van der Waals surface area contributed by atoms with E-state index >= 15 is 0 Å². The van der Waals surface area contributed by atoms with Crippen LogP contribution in [0.1, 0.15) is 94.1 Å². The van der Waals surface area contributed by atoms with E-state index < -0.39 is 12.1 Å². The van der Waals surface area contributed by atoms with E-state index in [-0.39, 0.29) is 90.4 Å².